The normalized spacial score (nSPS) is 13.3. The largest absolute Gasteiger partial charge is 0.489 e. The van der Waals surface area contributed by atoms with Crippen LogP contribution in [0.15, 0.2) is 18.2 Å². The zero-order valence-electron chi connectivity index (χ0n) is 11.8. The molecule has 0 spiro atoms. The number of para-hydroxylation sites is 1. The van der Waals surface area contributed by atoms with E-state index in [2.05, 4.69) is 5.32 Å². The number of sulfone groups is 1. The van der Waals surface area contributed by atoms with Crippen molar-refractivity contribution in [3.05, 3.63) is 18.2 Å². The monoisotopic (exact) mass is 286 g/mol. The van der Waals surface area contributed by atoms with Gasteiger partial charge in [-0.15, -0.1) is 0 Å². The first-order valence-electron chi connectivity index (χ1n) is 6.18. The summed E-state index contributed by atoms with van der Waals surface area (Å²) in [5.41, 5.74) is 7.19. The van der Waals surface area contributed by atoms with Crippen LogP contribution in [0.4, 0.5) is 11.4 Å². The summed E-state index contributed by atoms with van der Waals surface area (Å²) in [6.45, 7) is 5.65. The van der Waals surface area contributed by atoms with Gasteiger partial charge in [0.2, 0.25) is 0 Å². The van der Waals surface area contributed by atoms with Crippen molar-refractivity contribution in [1.82, 2.24) is 0 Å². The Kier molecular flexibility index (Phi) is 5.05. The van der Waals surface area contributed by atoms with E-state index in [1.54, 1.807) is 19.1 Å². The van der Waals surface area contributed by atoms with Gasteiger partial charge in [0, 0.05) is 12.3 Å². The molecule has 108 valence electrons. The molecule has 1 aromatic rings. The topological polar surface area (TPSA) is 81.4 Å². The van der Waals surface area contributed by atoms with Crippen molar-refractivity contribution >= 4 is 21.2 Å². The predicted octanol–water partition coefficient (Wildman–Crippen LogP) is 1.90. The van der Waals surface area contributed by atoms with Crippen molar-refractivity contribution in [2.24, 2.45) is 0 Å². The highest BCUT2D eigenvalue weighted by Crippen LogP contribution is 2.30. The summed E-state index contributed by atoms with van der Waals surface area (Å²) in [7, 11) is -3.02. The third-order valence-corrected chi connectivity index (χ3v) is 3.49. The van der Waals surface area contributed by atoms with E-state index in [9.17, 15) is 8.42 Å². The van der Waals surface area contributed by atoms with Crippen molar-refractivity contribution < 1.29 is 13.2 Å². The maximum absolute atomic E-state index is 11.2. The molecular weight excluding hydrogens is 264 g/mol. The summed E-state index contributed by atoms with van der Waals surface area (Å²) in [4.78, 5) is 0. The van der Waals surface area contributed by atoms with Crippen molar-refractivity contribution in [1.29, 1.82) is 0 Å². The van der Waals surface area contributed by atoms with Gasteiger partial charge in [0.25, 0.3) is 0 Å². The fourth-order valence-corrected chi connectivity index (χ4v) is 2.78. The number of anilines is 2. The Labute approximate surface area is 115 Å². The molecule has 0 bridgehead atoms. The van der Waals surface area contributed by atoms with Crippen molar-refractivity contribution in [2.75, 3.05) is 23.1 Å². The van der Waals surface area contributed by atoms with E-state index in [-0.39, 0.29) is 17.9 Å². The maximum Gasteiger partial charge on any atom is 0.149 e. The van der Waals surface area contributed by atoms with Crippen LogP contribution >= 0.6 is 0 Å². The molecule has 0 saturated carbocycles. The first-order valence-corrected chi connectivity index (χ1v) is 8.24. The van der Waals surface area contributed by atoms with Crippen LogP contribution in [0.1, 0.15) is 20.8 Å². The van der Waals surface area contributed by atoms with Crippen LogP contribution in [-0.4, -0.2) is 32.6 Å². The standard InChI is InChI=1S/C13H22N2O3S/c1-9(2)18-12-7-5-6-11(13(12)14)15-10(3)8-19(4,16)17/h5-7,9-10,15H,8,14H2,1-4H3. The van der Waals surface area contributed by atoms with E-state index in [0.717, 1.165) is 0 Å². The minimum atomic E-state index is -3.02. The molecule has 0 fully saturated rings. The average molecular weight is 286 g/mol. The van der Waals surface area contributed by atoms with Crippen molar-refractivity contribution in [2.45, 2.75) is 32.9 Å². The van der Waals surface area contributed by atoms with Gasteiger partial charge in [-0.05, 0) is 32.9 Å². The lowest BCUT2D eigenvalue weighted by atomic mass is 10.2. The van der Waals surface area contributed by atoms with Crippen molar-refractivity contribution in [3.63, 3.8) is 0 Å². The predicted molar refractivity (Wildman–Crippen MR) is 79.4 cm³/mol. The van der Waals surface area contributed by atoms with Gasteiger partial charge in [0.05, 0.1) is 23.2 Å². The molecule has 6 heteroatoms. The molecule has 19 heavy (non-hydrogen) atoms. The van der Waals surface area contributed by atoms with Crippen LogP contribution in [-0.2, 0) is 9.84 Å². The molecule has 0 aliphatic rings. The first-order chi connectivity index (χ1) is 8.69. The zero-order valence-corrected chi connectivity index (χ0v) is 12.6. The maximum atomic E-state index is 11.2. The lowest BCUT2D eigenvalue weighted by Gasteiger charge is -2.19. The highest BCUT2D eigenvalue weighted by atomic mass is 32.2. The van der Waals surface area contributed by atoms with Gasteiger partial charge in [-0.2, -0.15) is 0 Å². The third-order valence-electron chi connectivity index (χ3n) is 2.38. The van der Waals surface area contributed by atoms with Crippen LogP contribution in [0.25, 0.3) is 0 Å². The zero-order chi connectivity index (χ0) is 14.6. The molecular formula is C13H22N2O3S. The smallest absolute Gasteiger partial charge is 0.149 e. The van der Waals surface area contributed by atoms with E-state index >= 15 is 0 Å². The number of ether oxygens (including phenoxy) is 1. The summed E-state index contributed by atoms with van der Waals surface area (Å²) < 4.78 is 28.1. The van der Waals surface area contributed by atoms with Crippen LogP contribution in [0.3, 0.4) is 0 Å². The number of hydrogen-bond donors (Lipinski definition) is 2. The third kappa shape index (κ3) is 5.38. The Balaban J connectivity index is 2.84. The van der Waals surface area contributed by atoms with E-state index in [1.165, 1.54) is 6.26 Å². The fraction of sp³-hybridized carbons (Fsp3) is 0.538. The van der Waals surface area contributed by atoms with Gasteiger partial charge in [-0.25, -0.2) is 8.42 Å². The van der Waals surface area contributed by atoms with E-state index < -0.39 is 9.84 Å². The molecule has 3 N–H and O–H groups in total. The van der Waals surface area contributed by atoms with E-state index in [1.807, 2.05) is 19.9 Å². The Bertz CT molecular complexity index is 527. The number of nitrogens with one attached hydrogen (secondary N) is 1. The molecule has 1 atom stereocenters. The van der Waals surface area contributed by atoms with Gasteiger partial charge in [-0.3, -0.25) is 0 Å². The molecule has 1 rings (SSSR count). The summed E-state index contributed by atoms with van der Waals surface area (Å²) in [6.07, 6.45) is 1.25. The minimum Gasteiger partial charge on any atom is -0.489 e. The summed E-state index contributed by atoms with van der Waals surface area (Å²) in [5, 5.41) is 3.10. The SMILES string of the molecule is CC(CS(C)(=O)=O)Nc1cccc(OC(C)C)c1N. The molecule has 0 aliphatic heterocycles. The molecule has 0 heterocycles. The van der Waals surface area contributed by atoms with Crippen LogP contribution in [0.2, 0.25) is 0 Å². The second-order valence-electron chi connectivity index (χ2n) is 5.02. The number of nitrogens with two attached hydrogens (primary N) is 1. The van der Waals surface area contributed by atoms with Gasteiger partial charge < -0.3 is 15.8 Å². The fourth-order valence-electron chi connectivity index (χ4n) is 1.79. The van der Waals surface area contributed by atoms with Gasteiger partial charge >= 0.3 is 0 Å². The highest BCUT2D eigenvalue weighted by Gasteiger charge is 2.13. The average Bonchev–Trinajstić information content (AvgIpc) is 2.20. The van der Waals surface area contributed by atoms with Crippen molar-refractivity contribution in [3.8, 4) is 5.75 Å². The lowest BCUT2D eigenvalue weighted by Crippen LogP contribution is -2.25. The number of rotatable bonds is 6. The minimum absolute atomic E-state index is 0.0333. The lowest BCUT2D eigenvalue weighted by molar-refractivity contribution is 0.244. The van der Waals surface area contributed by atoms with Crippen LogP contribution in [0.5, 0.6) is 5.75 Å². The number of benzene rings is 1. The number of nitrogen functional groups attached to an aromatic ring is 1. The Hall–Kier alpha value is -1.43. The van der Waals surface area contributed by atoms with E-state index in [0.29, 0.717) is 17.1 Å². The summed E-state index contributed by atoms with van der Waals surface area (Å²) >= 11 is 0. The summed E-state index contributed by atoms with van der Waals surface area (Å²) in [6, 6.07) is 5.21. The van der Waals surface area contributed by atoms with E-state index in [4.69, 9.17) is 10.5 Å². The molecule has 1 aromatic carbocycles. The molecule has 1 unspecified atom stereocenters. The molecule has 0 aliphatic carbocycles. The Morgan fingerprint density at radius 3 is 2.47 bits per heavy atom. The van der Waals surface area contributed by atoms with Gasteiger partial charge in [-0.1, -0.05) is 6.07 Å². The van der Waals surface area contributed by atoms with Gasteiger partial charge in [0.1, 0.15) is 15.6 Å². The van der Waals surface area contributed by atoms with Crippen LogP contribution < -0.4 is 15.8 Å². The molecule has 0 amide bonds. The van der Waals surface area contributed by atoms with Gasteiger partial charge in [0.15, 0.2) is 0 Å². The highest BCUT2D eigenvalue weighted by molar-refractivity contribution is 7.90. The Morgan fingerprint density at radius 2 is 1.95 bits per heavy atom. The summed E-state index contributed by atoms with van der Waals surface area (Å²) in [5.74, 6) is 0.661. The first kappa shape index (κ1) is 15.6. The quantitative estimate of drug-likeness (QED) is 0.781. The second-order valence-corrected chi connectivity index (χ2v) is 7.21. The molecule has 0 aromatic heterocycles. The van der Waals surface area contributed by atoms with Crippen LogP contribution in [0, 0.1) is 0 Å². The molecule has 5 nitrogen and oxygen atoms in total. The second kappa shape index (κ2) is 6.14. The Morgan fingerprint density at radius 1 is 1.32 bits per heavy atom. The molecule has 0 saturated heterocycles. The number of hydrogen-bond acceptors (Lipinski definition) is 5. The molecule has 0 radical (unpaired) electrons.